The van der Waals surface area contributed by atoms with Crippen molar-refractivity contribution in [3.8, 4) is 0 Å². The van der Waals surface area contributed by atoms with Crippen molar-refractivity contribution in [3.05, 3.63) is 83.1 Å². The molecule has 0 aromatic heterocycles. The van der Waals surface area contributed by atoms with Gasteiger partial charge in [0.25, 0.3) is 11.6 Å². The number of carbonyl (C=O) groups is 2. The van der Waals surface area contributed by atoms with Crippen molar-refractivity contribution < 1.29 is 24.2 Å². The van der Waals surface area contributed by atoms with E-state index in [1.165, 1.54) is 42.0 Å². The van der Waals surface area contributed by atoms with Crippen LogP contribution in [-0.4, -0.2) is 59.6 Å². The van der Waals surface area contributed by atoms with Crippen LogP contribution in [0.15, 0.2) is 71.9 Å². The van der Waals surface area contributed by atoms with Gasteiger partial charge in [-0.05, 0) is 16.7 Å². The number of amides is 1. The van der Waals surface area contributed by atoms with Crippen LogP contribution in [0.25, 0.3) is 0 Å². The van der Waals surface area contributed by atoms with E-state index in [9.17, 15) is 14.7 Å². The second-order valence-electron chi connectivity index (χ2n) is 8.02. The number of benzene rings is 2. The van der Waals surface area contributed by atoms with E-state index >= 15 is 0 Å². The molecule has 2 aliphatic rings. The highest BCUT2D eigenvalue weighted by Crippen LogP contribution is 2.51. The molecule has 2 aliphatic heterocycles. The molecule has 4 rings (SSSR count). The highest BCUT2D eigenvalue weighted by atomic mass is 32.2. The molecule has 0 radical (unpaired) electrons. The maximum atomic E-state index is 13.5. The molecule has 2 N–H and O–H groups in total. The molecule has 0 saturated carbocycles. The molecule has 1 saturated heterocycles. The first-order chi connectivity index (χ1) is 16.0. The molecule has 0 spiro atoms. The van der Waals surface area contributed by atoms with E-state index in [-0.39, 0.29) is 18.2 Å². The van der Waals surface area contributed by atoms with Crippen LogP contribution >= 0.6 is 19.8 Å². The summed E-state index contributed by atoms with van der Waals surface area (Å²) < 4.78 is 11.0. The number of fused-ring (bicyclic) bond motifs is 1. The summed E-state index contributed by atoms with van der Waals surface area (Å²) in [6.07, 6.45) is 1.60. The Bertz CT molecular complexity index is 994. The molecule has 0 unspecified atom stereocenters. The minimum Gasteiger partial charge on any atom is -0.477 e. The van der Waals surface area contributed by atoms with Crippen LogP contribution in [0.3, 0.4) is 0 Å². The highest BCUT2D eigenvalue weighted by Gasteiger charge is 2.67. The number of methoxy groups -OCH3 is 2. The molecule has 33 heavy (non-hydrogen) atoms. The number of ether oxygens (including phenoxy) is 2. The van der Waals surface area contributed by atoms with Gasteiger partial charge in [-0.3, -0.25) is 9.69 Å². The Balaban J connectivity index is 1.62. The summed E-state index contributed by atoms with van der Waals surface area (Å²) in [7, 11) is 1.69. The third-order valence-corrected chi connectivity index (χ3v) is 9.60. The minimum absolute atomic E-state index is 0.0139. The van der Waals surface area contributed by atoms with Gasteiger partial charge in [-0.2, -0.15) is 5.09 Å². The maximum absolute atomic E-state index is 13.5. The summed E-state index contributed by atoms with van der Waals surface area (Å²) in [5, 5.41) is 13.0. The van der Waals surface area contributed by atoms with Crippen LogP contribution < -0.4 is 5.09 Å². The third kappa shape index (κ3) is 4.72. The molecule has 174 valence electrons. The molecule has 0 aliphatic carbocycles. The molecule has 2 aromatic rings. The molecule has 1 fully saturated rings. The van der Waals surface area contributed by atoms with Crippen molar-refractivity contribution in [2.45, 2.75) is 23.4 Å². The number of carboxylic acids is 1. The van der Waals surface area contributed by atoms with Gasteiger partial charge in [0.2, 0.25) is 0 Å². The average Bonchev–Trinajstić information content (AvgIpc) is 2.83. The summed E-state index contributed by atoms with van der Waals surface area (Å²) in [5.41, 5.74) is 1.74. The molecule has 1 amide bonds. The SMILES string of the molecule is COCC1=C(C(=O)O)N2C(=O)[C@](N[PH+](Cc3ccccc3)Cc3ccccc3)(OC)[C@@H]2SC1. The van der Waals surface area contributed by atoms with E-state index in [4.69, 9.17) is 9.47 Å². The Hall–Kier alpha value is -2.22. The monoisotopic (exact) mass is 487 g/mol. The van der Waals surface area contributed by atoms with E-state index in [2.05, 4.69) is 29.4 Å². The highest BCUT2D eigenvalue weighted by molar-refractivity contribution is 8.00. The Morgan fingerprint density at radius 3 is 2.18 bits per heavy atom. The second kappa shape index (κ2) is 10.4. The lowest BCUT2D eigenvalue weighted by atomic mass is 9.99. The first-order valence-corrected chi connectivity index (χ1v) is 13.6. The predicted octanol–water partition coefficient (Wildman–Crippen LogP) is 3.35. The largest absolute Gasteiger partial charge is 0.477 e. The summed E-state index contributed by atoms with van der Waals surface area (Å²) in [6, 6.07) is 20.4. The standard InChI is InChI=1S/C24H27N2O5PS/c1-30-13-19-16-33-23-24(31-2,22(29)26(23)20(19)21(27)28)25-32(14-17-9-5-3-6-10-17)15-18-11-7-4-8-12-18/h3-12,23,25H,13-16H2,1-2H3,(H,27,28)/p+1/t23-,24-/m0/s1. The predicted molar refractivity (Wildman–Crippen MR) is 131 cm³/mol. The van der Waals surface area contributed by atoms with Gasteiger partial charge in [-0.25, -0.2) is 4.79 Å². The summed E-state index contributed by atoms with van der Waals surface area (Å²) >= 11 is 1.50. The van der Waals surface area contributed by atoms with Gasteiger partial charge in [0.1, 0.15) is 11.1 Å². The van der Waals surface area contributed by atoms with Crippen LogP contribution in [0, 0.1) is 0 Å². The fourth-order valence-corrected chi connectivity index (χ4v) is 8.48. The number of nitrogens with zero attached hydrogens (tertiary/aromatic N) is 1. The lowest BCUT2D eigenvalue weighted by molar-refractivity contribution is -0.186. The lowest BCUT2D eigenvalue weighted by Crippen LogP contribution is -2.79. The van der Waals surface area contributed by atoms with Crippen LogP contribution in [0.4, 0.5) is 0 Å². The van der Waals surface area contributed by atoms with Gasteiger partial charge in [0.05, 0.1) is 27.0 Å². The van der Waals surface area contributed by atoms with Crippen LogP contribution in [0.5, 0.6) is 0 Å². The number of thioether (sulfide) groups is 1. The molecule has 0 bridgehead atoms. The lowest BCUT2D eigenvalue weighted by Gasteiger charge is -2.55. The van der Waals surface area contributed by atoms with E-state index in [0.29, 0.717) is 11.3 Å². The van der Waals surface area contributed by atoms with E-state index in [0.717, 1.165) is 12.3 Å². The second-order valence-corrected chi connectivity index (χ2v) is 11.3. The Morgan fingerprint density at radius 1 is 1.12 bits per heavy atom. The smallest absolute Gasteiger partial charge is 0.352 e. The number of aliphatic carboxylic acids is 1. The van der Waals surface area contributed by atoms with Gasteiger partial charge >= 0.3 is 5.97 Å². The van der Waals surface area contributed by atoms with Gasteiger partial charge in [-0.15, -0.1) is 11.8 Å². The topological polar surface area (TPSA) is 88.1 Å². The zero-order valence-corrected chi connectivity index (χ0v) is 20.4. The summed E-state index contributed by atoms with van der Waals surface area (Å²) in [4.78, 5) is 26.8. The first kappa shape index (κ1) is 23.9. The van der Waals surface area contributed by atoms with Crippen LogP contribution in [0.2, 0.25) is 0 Å². The summed E-state index contributed by atoms with van der Waals surface area (Å²) in [5.74, 6) is -1.02. The van der Waals surface area contributed by atoms with E-state index in [1.807, 2.05) is 36.4 Å². The zero-order chi connectivity index (χ0) is 23.4. The molecule has 7 nitrogen and oxygen atoms in total. The van der Waals surface area contributed by atoms with E-state index in [1.54, 1.807) is 0 Å². The number of hydrogen-bond acceptors (Lipinski definition) is 6. The Kier molecular flexibility index (Phi) is 7.51. The number of hydrogen-bond donors (Lipinski definition) is 2. The number of β-lactam (4-membered cyclic amide) rings is 1. The van der Waals surface area contributed by atoms with Gasteiger partial charge < -0.3 is 14.6 Å². The molecular weight excluding hydrogens is 459 g/mol. The van der Waals surface area contributed by atoms with Crippen LogP contribution in [-0.2, 0) is 31.4 Å². The van der Waals surface area contributed by atoms with Crippen molar-refractivity contribution >= 4 is 31.7 Å². The normalized spacial score (nSPS) is 22.3. The number of carbonyl (C=O) groups excluding carboxylic acids is 1. The zero-order valence-electron chi connectivity index (χ0n) is 18.6. The Morgan fingerprint density at radius 2 is 1.70 bits per heavy atom. The Labute approximate surface area is 198 Å². The maximum Gasteiger partial charge on any atom is 0.352 e. The minimum atomic E-state index is -1.35. The third-order valence-electron chi connectivity index (χ3n) is 5.84. The van der Waals surface area contributed by atoms with Crippen molar-refractivity contribution in [1.29, 1.82) is 0 Å². The van der Waals surface area contributed by atoms with Crippen molar-refractivity contribution in [2.24, 2.45) is 0 Å². The molecule has 2 aromatic carbocycles. The fourth-order valence-electron chi connectivity index (χ4n) is 4.33. The summed E-state index contributed by atoms with van der Waals surface area (Å²) in [6.45, 7) is 0.176. The number of rotatable bonds is 10. The quantitative estimate of drug-likeness (QED) is 0.302. The number of nitrogens with one attached hydrogen (secondary N) is 1. The van der Waals surface area contributed by atoms with Gasteiger partial charge in [-0.1, -0.05) is 60.7 Å². The molecule has 9 heteroatoms. The van der Waals surface area contributed by atoms with E-state index < -0.39 is 25.1 Å². The molecule has 2 heterocycles. The van der Waals surface area contributed by atoms with Gasteiger partial charge in [0.15, 0.2) is 0 Å². The molecule has 2 atom stereocenters. The van der Waals surface area contributed by atoms with Crippen LogP contribution in [0.1, 0.15) is 11.1 Å². The van der Waals surface area contributed by atoms with Crippen molar-refractivity contribution in [2.75, 3.05) is 26.6 Å². The molecular formula is C24H28N2O5PS+. The number of carboxylic acid groups (broad SMARTS) is 1. The van der Waals surface area contributed by atoms with Crippen molar-refractivity contribution in [1.82, 2.24) is 9.99 Å². The first-order valence-electron chi connectivity index (χ1n) is 10.7. The fraction of sp³-hybridized carbons (Fsp3) is 0.333. The van der Waals surface area contributed by atoms with Crippen molar-refractivity contribution in [3.63, 3.8) is 0 Å². The van der Waals surface area contributed by atoms with Gasteiger partial charge in [0, 0.05) is 20.0 Å². The average molecular weight is 488 g/mol.